The van der Waals surface area contributed by atoms with Crippen LogP contribution in [0.2, 0.25) is 0 Å². The third-order valence-corrected chi connectivity index (χ3v) is 6.36. The number of rotatable bonds is 4. The lowest BCUT2D eigenvalue weighted by molar-refractivity contribution is -0.896. The predicted octanol–water partition coefficient (Wildman–Crippen LogP) is 0.921. The number of likely N-dealkylation sites (tertiary alicyclic amines) is 1. The lowest BCUT2D eigenvalue weighted by Crippen LogP contribution is -3.00. The molecule has 1 aliphatic heterocycles. The van der Waals surface area contributed by atoms with Gasteiger partial charge in [0.2, 0.25) is 0 Å². The van der Waals surface area contributed by atoms with E-state index in [0.29, 0.717) is 5.92 Å². The summed E-state index contributed by atoms with van der Waals surface area (Å²) in [6, 6.07) is 10.3. The number of hydrogen-bond donors (Lipinski definition) is 0. The van der Waals surface area contributed by atoms with Gasteiger partial charge in [0.05, 0.1) is 32.6 Å². The Balaban J connectivity index is 0.00000225. The van der Waals surface area contributed by atoms with Gasteiger partial charge in [-0.3, -0.25) is 4.79 Å². The minimum Gasteiger partial charge on any atom is -1.00 e. The maximum Gasteiger partial charge on any atom is 0.316 e. The molecule has 2 aliphatic rings. The van der Waals surface area contributed by atoms with Gasteiger partial charge in [-0.2, -0.15) is 0 Å². The lowest BCUT2D eigenvalue weighted by atomic mass is 9.71. The summed E-state index contributed by atoms with van der Waals surface area (Å²) in [4.78, 5) is 13.3. The van der Waals surface area contributed by atoms with Crippen LogP contribution in [-0.2, 0) is 14.9 Å². The van der Waals surface area contributed by atoms with Crippen molar-refractivity contribution in [1.82, 2.24) is 0 Å². The number of halogens is 1. The molecule has 0 bridgehead atoms. The highest BCUT2D eigenvalue weighted by Gasteiger charge is 2.46. The first-order valence-electron chi connectivity index (χ1n) is 9.50. The van der Waals surface area contributed by atoms with Gasteiger partial charge in [0.15, 0.2) is 0 Å². The summed E-state index contributed by atoms with van der Waals surface area (Å²) in [6.07, 6.45) is 6.78. The molecule has 1 atom stereocenters. The molecule has 3 nitrogen and oxygen atoms in total. The molecule has 0 radical (unpaired) electrons. The number of hydrogen-bond acceptors (Lipinski definition) is 2. The normalized spacial score (nSPS) is 23.5. The Kier molecular flexibility index (Phi) is 6.94. The van der Waals surface area contributed by atoms with E-state index in [4.69, 9.17) is 4.74 Å². The topological polar surface area (TPSA) is 26.3 Å². The molecule has 0 aromatic heterocycles. The molecule has 0 N–H and O–H groups in total. The van der Waals surface area contributed by atoms with Crippen molar-refractivity contribution < 1.29 is 38.0 Å². The third kappa shape index (κ3) is 4.57. The van der Waals surface area contributed by atoms with E-state index in [-0.39, 0.29) is 36.0 Å². The summed E-state index contributed by atoms with van der Waals surface area (Å²) in [5.41, 5.74) is 0.619. The predicted molar refractivity (Wildman–Crippen MR) is 96.7 cm³/mol. The van der Waals surface area contributed by atoms with Gasteiger partial charge < -0.3 is 33.2 Å². The molecule has 1 saturated heterocycles. The number of quaternary nitrogens is 1. The van der Waals surface area contributed by atoms with Gasteiger partial charge in [0.1, 0.15) is 6.10 Å². The Morgan fingerprint density at radius 1 is 1.04 bits per heavy atom. The maximum absolute atomic E-state index is 13.3. The van der Waals surface area contributed by atoms with Gasteiger partial charge in [-0.15, -0.1) is 0 Å². The second kappa shape index (κ2) is 8.38. The number of piperidine rings is 1. The standard InChI is InChI=1S/C21H32NO2.HI/c1-21(18-11-7-8-12-18,17-9-5-4-6-10-17)20(23)24-19-13-15-22(2,3)16-14-19;/h4-6,9-10,18-19H,7-8,11-16H2,1-3H3;1H/q+1;/p-1/t21-;/m0./s1. The maximum atomic E-state index is 13.3. The van der Waals surface area contributed by atoms with Crippen LogP contribution in [0.1, 0.15) is 51.0 Å². The van der Waals surface area contributed by atoms with Crippen molar-refractivity contribution in [2.45, 2.75) is 57.0 Å². The molecule has 1 heterocycles. The Bertz CT molecular complexity index is 559. The van der Waals surface area contributed by atoms with Gasteiger partial charge in [0.25, 0.3) is 0 Å². The van der Waals surface area contributed by atoms with E-state index in [2.05, 4.69) is 33.2 Å². The Morgan fingerprint density at radius 2 is 1.60 bits per heavy atom. The van der Waals surface area contributed by atoms with Gasteiger partial charge in [-0.1, -0.05) is 43.2 Å². The molecule has 2 fully saturated rings. The number of esters is 1. The minimum absolute atomic E-state index is 0. The SMILES string of the molecule is C[C@](C(=O)OC1CC[N+](C)(C)CC1)(c1ccccc1)C1CCCC1.[I-]. The molecular weight excluding hydrogens is 425 g/mol. The zero-order valence-corrected chi connectivity index (χ0v) is 18.0. The Morgan fingerprint density at radius 3 is 2.16 bits per heavy atom. The zero-order valence-electron chi connectivity index (χ0n) is 15.8. The average molecular weight is 457 g/mol. The van der Waals surface area contributed by atoms with Crippen LogP contribution >= 0.6 is 0 Å². The fraction of sp³-hybridized carbons (Fsp3) is 0.667. The van der Waals surface area contributed by atoms with Crippen LogP contribution < -0.4 is 24.0 Å². The monoisotopic (exact) mass is 457 g/mol. The van der Waals surface area contributed by atoms with Crippen molar-refractivity contribution in [2.24, 2.45) is 5.92 Å². The number of carbonyl (C=O) groups excluding carboxylic acids is 1. The van der Waals surface area contributed by atoms with Gasteiger partial charge in [-0.05, 0) is 31.2 Å². The molecule has 1 saturated carbocycles. The van der Waals surface area contributed by atoms with E-state index in [9.17, 15) is 4.79 Å². The molecule has 1 aromatic rings. The lowest BCUT2D eigenvalue weighted by Gasteiger charge is -2.39. The van der Waals surface area contributed by atoms with Gasteiger partial charge in [-0.25, -0.2) is 0 Å². The van der Waals surface area contributed by atoms with Crippen LogP contribution in [-0.4, -0.2) is 43.7 Å². The van der Waals surface area contributed by atoms with E-state index >= 15 is 0 Å². The summed E-state index contributed by atoms with van der Waals surface area (Å²) >= 11 is 0. The Labute approximate surface area is 169 Å². The highest BCUT2D eigenvalue weighted by atomic mass is 127. The molecule has 4 heteroatoms. The van der Waals surface area contributed by atoms with Gasteiger partial charge in [0, 0.05) is 12.8 Å². The molecule has 3 rings (SSSR count). The molecule has 0 unspecified atom stereocenters. The quantitative estimate of drug-likeness (QED) is 0.382. The van der Waals surface area contributed by atoms with Crippen molar-refractivity contribution in [3.05, 3.63) is 35.9 Å². The molecule has 1 aromatic carbocycles. The molecular formula is C21H32INO2. The second-order valence-corrected chi connectivity index (χ2v) is 8.54. The van der Waals surface area contributed by atoms with Crippen LogP contribution in [0.15, 0.2) is 30.3 Å². The fourth-order valence-corrected chi connectivity index (χ4v) is 4.44. The van der Waals surface area contributed by atoms with Crippen molar-refractivity contribution >= 4 is 5.97 Å². The van der Waals surface area contributed by atoms with Crippen LogP contribution in [0, 0.1) is 5.92 Å². The van der Waals surface area contributed by atoms with E-state index < -0.39 is 5.41 Å². The van der Waals surface area contributed by atoms with Crippen molar-refractivity contribution in [3.63, 3.8) is 0 Å². The van der Waals surface area contributed by atoms with Crippen molar-refractivity contribution in [2.75, 3.05) is 27.2 Å². The first-order valence-corrected chi connectivity index (χ1v) is 9.50. The number of nitrogens with zero attached hydrogens (tertiary/aromatic N) is 1. The average Bonchev–Trinajstić information content (AvgIpc) is 3.12. The molecule has 140 valence electrons. The highest BCUT2D eigenvalue weighted by Crippen LogP contribution is 2.43. The van der Waals surface area contributed by atoms with E-state index in [1.54, 1.807) is 0 Å². The van der Waals surface area contributed by atoms with Crippen LogP contribution in [0.25, 0.3) is 0 Å². The minimum atomic E-state index is -0.500. The largest absolute Gasteiger partial charge is 1.00 e. The fourth-order valence-electron chi connectivity index (χ4n) is 4.44. The third-order valence-electron chi connectivity index (χ3n) is 6.36. The Hall–Kier alpha value is -0.620. The van der Waals surface area contributed by atoms with Crippen molar-refractivity contribution in [3.8, 4) is 0 Å². The number of ether oxygens (including phenoxy) is 1. The molecule has 1 aliphatic carbocycles. The van der Waals surface area contributed by atoms with E-state index in [1.165, 1.54) is 12.8 Å². The molecule has 0 spiro atoms. The summed E-state index contributed by atoms with van der Waals surface area (Å²) in [6.45, 7) is 4.29. The first-order chi connectivity index (χ1) is 11.4. The van der Waals surface area contributed by atoms with Gasteiger partial charge >= 0.3 is 5.97 Å². The zero-order chi connectivity index (χ0) is 17.2. The summed E-state index contributed by atoms with van der Waals surface area (Å²) < 4.78 is 7.10. The van der Waals surface area contributed by atoms with Crippen LogP contribution in [0.4, 0.5) is 0 Å². The van der Waals surface area contributed by atoms with Crippen LogP contribution in [0.3, 0.4) is 0 Å². The van der Waals surface area contributed by atoms with Crippen LogP contribution in [0.5, 0.6) is 0 Å². The highest BCUT2D eigenvalue weighted by molar-refractivity contribution is 5.83. The number of benzene rings is 1. The smallest absolute Gasteiger partial charge is 0.316 e. The summed E-state index contributed by atoms with van der Waals surface area (Å²) in [5, 5.41) is 0. The number of carbonyl (C=O) groups is 1. The molecule has 0 amide bonds. The summed E-state index contributed by atoms with van der Waals surface area (Å²) in [7, 11) is 4.51. The van der Waals surface area contributed by atoms with Crippen molar-refractivity contribution in [1.29, 1.82) is 0 Å². The second-order valence-electron chi connectivity index (χ2n) is 8.54. The van der Waals surface area contributed by atoms with E-state index in [1.807, 2.05) is 18.2 Å². The molecule has 25 heavy (non-hydrogen) atoms. The van der Waals surface area contributed by atoms with E-state index in [0.717, 1.165) is 48.8 Å². The summed E-state index contributed by atoms with van der Waals surface area (Å²) in [5.74, 6) is 0.404. The first kappa shape index (κ1) is 20.7.